The fourth-order valence-electron chi connectivity index (χ4n) is 3.80. The van der Waals surface area contributed by atoms with Crippen LogP contribution in [0.4, 0.5) is 17.5 Å². The van der Waals surface area contributed by atoms with Crippen LogP contribution in [-0.4, -0.2) is 20.4 Å². The van der Waals surface area contributed by atoms with Crippen molar-refractivity contribution in [1.29, 1.82) is 0 Å². The summed E-state index contributed by atoms with van der Waals surface area (Å²) in [5.41, 5.74) is 14.6. The number of nitrogens with two attached hydrogens (primary N) is 2. The van der Waals surface area contributed by atoms with Crippen LogP contribution in [0, 0.1) is 0 Å². The van der Waals surface area contributed by atoms with Crippen molar-refractivity contribution in [3.63, 3.8) is 0 Å². The van der Waals surface area contributed by atoms with Crippen LogP contribution < -0.4 is 22.2 Å². The highest BCUT2D eigenvalue weighted by molar-refractivity contribution is 6.00. The maximum atomic E-state index is 12.6. The van der Waals surface area contributed by atoms with Crippen LogP contribution in [0.1, 0.15) is 41.3 Å². The molecule has 8 nitrogen and oxygen atoms in total. The molecule has 0 saturated carbocycles. The van der Waals surface area contributed by atoms with E-state index in [2.05, 4.69) is 27.4 Å². The lowest BCUT2D eigenvalue weighted by Crippen LogP contribution is -2.28. The molecule has 0 unspecified atom stereocenters. The molecule has 2 aromatic heterocycles. The maximum Gasteiger partial charge on any atom is 0.256 e. The zero-order valence-corrected chi connectivity index (χ0v) is 15.7. The molecule has 0 aliphatic heterocycles. The highest BCUT2D eigenvalue weighted by Gasteiger charge is 2.20. The van der Waals surface area contributed by atoms with E-state index in [1.807, 2.05) is 13.0 Å². The Kier molecular flexibility index (Phi) is 4.46. The van der Waals surface area contributed by atoms with E-state index in [0.717, 1.165) is 18.5 Å². The Balaban J connectivity index is 1.79. The number of anilines is 3. The van der Waals surface area contributed by atoms with E-state index < -0.39 is 11.3 Å². The number of amides is 1. The Labute approximate surface area is 161 Å². The molecule has 2 heterocycles. The fraction of sp³-hybridized carbons (Fsp3) is 0.300. The van der Waals surface area contributed by atoms with Gasteiger partial charge in [0.05, 0.1) is 5.39 Å². The number of primary amides is 1. The van der Waals surface area contributed by atoms with Gasteiger partial charge in [0.15, 0.2) is 5.65 Å². The summed E-state index contributed by atoms with van der Waals surface area (Å²) in [6.07, 6.45) is 6.03. The summed E-state index contributed by atoms with van der Waals surface area (Å²) in [6.45, 7) is 2.28. The number of nitrogen functional groups attached to an aromatic ring is 1. The Morgan fingerprint density at radius 1 is 1.25 bits per heavy atom. The predicted molar refractivity (Wildman–Crippen MR) is 109 cm³/mol. The van der Waals surface area contributed by atoms with Crippen molar-refractivity contribution in [2.45, 2.75) is 39.2 Å². The molecule has 0 atom stereocenters. The second kappa shape index (κ2) is 6.95. The minimum Gasteiger partial charge on any atom is -0.384 e. The molecular weight excluding hydrogens is 356 g/mol. The highest BCUT2D eigenvalue weighted by Crippen LogP contribution is 2.26. The van der Waals surface area contributed by atoms with E-state index in [0.29, 0.717) is 18.1 Å². The monoisotopic (exact) mass is 378 g/mol. The van der Waals surface area contributed by atoms with Crippen LogP contribution in [0.2, 0.25) is 0 Å². The summed E-state index contributed by atoms with van der Waals surface area (Å²) >= 11 is 0. The SMILES string of the molecule is CCn1c(N)c(C(N)=O)c(=O)c2cnc(Nc3ccc4c(c3)CCCC4)nc21. The number of rotatable bonds is 4. The second-order valence-corrected chi connectivity index (χ2v) is 6.94. The van der Waals surface area contributed by atoms with Crippen molar-refractivity contribution < 1.29 is 4.79 Å². The van der Waals surface area contributed by atoms with Crippen LogP contribution >= 0.6 is 0 Å². The van der Waals surface area contributed by atoms with Crippen LogP contribution in [0.25, 0.3) is 11.0 Å². The van der Waals surface area contributed by atoms with E-state index in [-0.39, 0.29) is 16.8 Å². The second-order valence-electron chi connectivity index (χ2n) is 6.94. The van der Waals surface area contributed by atoms with E-state index in [9.17, 15) is 9.59 Å². The third-order valence-electron chi connectivity index (χ3n) is 5.21. The minimum atomic E-state index is -0.858. The Morgan fingerprint density at radius 2 is 2.00 bits per heavy atom. The smallest absolute Gasteiger partial charge is 0.256 e. The molecule has 0 saturated heterocycles. The van der Waals surface area contributed by atoms with Crippen LogP contribution in [0.3, 0.4) is 0 Å². The first kappa shape index (κ1) is 18.0. The van der Waals surface area contributed by atoms with Gasteiger partial charge in [-0.1, -0.05) is 6.07 Å². The molecule has 28 heavy (non-hydrogen) atoms. The van der Waals surface area contributed by atoms with Crippen molar-refractivity contribution in [2.24, 2.45) is 5.73 Å². The molecule has 4 rings (SSSR count). The van der Waals surface area contributed by atoms with E-state index in [1.165, 1.54) is 30.2 Å². The van der Waals surface area contributed by atoms with Gasteiger partial charge in [0.1, 0.15) is 11.4 Å². The topological polar surface area (TPSA) is 129 Å². The van der Waals surface area contributed by atoms with Gasteiger partial charge >= 0.3 is 0 Å². The maximum absolute atomic E-state index is 12.6. The van der Waals surface area contributed by atoms with E-state index >= 15 is 0 Å². The van der Waals surface area contributed by atoms with Crippen LogP contribution in [0.15, 0.2) is 29.2 Å². The Morgan fingerprint density at radius 3 is 2.71 bits per heavy atom. The van der Waals surface area contributed by atoms with Gasteiger partial charge in [-0.15, -0.1) is 0 Å². The molecule has 3 aromatic rings. The van der Waals surface area contributed by atoms with Gasteiger partial charge in [-0.25, -0.2) is 4.98 Å². The van der Waals surface area contributed by atoms with Crippen molar-refractivity contribution >= 4 is 34.4 Å². The largest absolute Gasteiger partial charge is 0.384 e. The number of carbonyl (C=O) groups excluding carboxylic acids is 1. The number of carbonyl (C=O) groups is 1. The highest BCUT2D eigenvalue weighted by atomic mass is 16.2. The number of hydrogen-bond acceptors (Lipinski definition) is 6. The zero-order valence-electron chi connectivity index (χ0n) is 15.7. The number of fused-ring (bicyclic) bond motifs is 2. The lowest BCUT2D eigenvalue weighted by atomic mass is 9.91. The number of pyridine rings is 1. The zero-order chi connectivity index (χ0) is 19.8. The molecule has 5 N–H and O–H groups in total. The molecular formula is C20H22N6O2. The van der Waals surface area contributed by atoms with E-state index in [4.69, 9.17) is 11.5 Å². The number of benzene rings is 1. The van der Waals surface area contributed by atoms with Crippen molar-refractivity contribution in [1.82, 2.24) is 14.5 Å². The molecule has 0 fully saturated rings. The van der Waals surface area contributed by atoms with Crippen molar-refractivity contribution in [3.8, 4) is 0 Å². The van der Waals surface area contributed by atoms with Crippen molar-refractivity contribution in [3.05, 3.63) is 51.3 Å². The number of nitrogens with one attached hydrogen (secondary N) is 1. The quantitative estimate of drug-likeness (QED) is 0.638. The Hall–Kier alpha value is -3.42. The molecule has 8 heteroatoms. The summed E-state index contributed by atoms with van der Waals surface area (Å²) in [5, 5.41) is 3.41. The molecule has 0 spiro atoms. The number of aromatic nitrogens is 3. The number of nitrogens with zero attached hydrogens (tertiary/aromatic N) is 3. The normalized spacial score (nSPS) is 13.3. The standard InChI is InChI=1S/C20H22N6O2/c1-2-26-17(21)15(18(22)28)16(27)14-10-23-20(25-19(14)26)24-13-8-7-11-5-3-4-6-12(11)9-13/h7-10H,2-6,21H2,1H3,(H2,22,28)(H,23,24,25). The average Bonchev–Trinajstić information content (AvgIpc) is 2.68. The minimum absolute atomic E-state index is 0.0194. The van der Waals surface area contributed by atoms with E-state index in [1.54, 1.807) is 4.57 Å². The molecule has 1 aliphatic carbocycles. The van der Waals surface area contributed by atoms with Gasteiger partial charge in [-0.2, -0.15) is 4.98 Å². The Bertz CT molecular complexity index is 1150. The lowest BCUT2D eigenvalue weighted by molar-refractivity contribution is 0.1000. The van der Waals surface area contributed by atoms with Gasteiger partial charge in [0, 0.05) is 18.4 Å². The molecule has 0 bridgehead atoms. The lowest BCUT2D eigenvalue weighted by Gasteiger charge is -2.17. The van der Waals surface area contributed by atoms with Gasteiger partial charge in [0.2, 0.25) is 11.4 Å². The summed E-state index contributed by atoms with van der Waals surface area (Å²) < 4.78 is 1.59. The first-order valence-corrected chi connectivity index (χ1v) is 9.37. The van der Waals surface area contributed by atoms with Crippen molar-refractivity contribution in [2.75, 3.05) is 11.1 Å². The predicted octanol–water partition coefficient (Wildman–Crippen LogP) is 2.11. The summed E-state index contributed by atoms with van der Waals surface area (Å²) in [7, 11) is 0. The number of hydrogen-bond donors (Lipinski definition) is 3. The van der Waals surface area contributed by atoms with Crippen LogP contribution in [0.5, 0.6) is 0 Å². The third-order valence-corrected chi connectivity index (χ3v) is 5.21. The first-order valence-electron chi connectivity index (χ1n) is 9.37. The van der Waals surface area contributed by atoms with Gasteiger partial charge in [0.25, 0.3) is 5.91 Å². The molecule has 1 aliphatic rings. The van der Waals surface area contributed by atoms with Gasteiger partial charge < -0.3 is 21.4 Å². The van der Waals surface area contributed by atoms with Gasteiger partial charge in [-0.3, -0.25) is 9.59 Å². The molecule has 0 radical (unpaired) electrons. The third kappa shape index (κ3) is 2.96. The number of aryl methyl sites for hydroxylation is 3. The molecule has 1 amide bonds. The summed E-state index contributed by atoms with van der Waals surface area (Å²) in [6, 6.07) is 6.27. The summed E-state index contributed by atoms with van der Waals surface area (Å²) in [5.74, 6) is -0.482. The average molecular weight is 378 g/mol. The molecule has 144 valence electrons. The van der Waals surface area contributed by atoms with Crippen LogP contribution in [-0.2, 0) is 19.4 Å². The first-order chi connectivity index (χ1) is 13.5. The molecule has 1 aromatic carbocycles. The van der Waals surface area contributed by atoms with Gasteiger partial charge in [-0.05, 0) is 55.9 Å². The summed E-state index contributed by atoms with van der Waals surface area (Å²) in [4.78, 5) is 33.0. The fourth-order valence-corrected chi connectivity index (χ4v) is 3.80.